The van der Waals surface area contributed by atoms with Gasteiger partial charge in [0.05, 0.1) is 6.61 Å². The van der Waals surface area contributed by atoms with Gasteiger partial charge in [-0.05, 0) is 37.3 Å². The maximum absolute atomic E-state index is 5.19. The summed E-state index contributed by atoms with van der Waals surface area (Å²) >= 11 is 0. The van der Waals surface area contributed by atoms with Crippen molar-refractivity contribution in [2.45, 2.75) is 25.7 Å². The van der Waals surface area contributed by atoms with Crippen molar-refractivity contribution in [1.29, 1.82) is 0 Å². The number of hydrogen-bond acceptors (Lipinski definition) is 2. The van der Waals surface area contributed by atoms with Crippen molar-refractivity contribution in [2.75, 3.05) is 6.61 Å². The molecule has 1 fully saturated rings. The number of ether oxygens (including phenoxy) is 1. The summed E-state index contributed by atoms with van der Waals surface area (Å²) in [7, 11) is 0. The van der Waals surface area contributed by atoms with E-state index in [-0.39, 0.29) is 0 Å². The van der Waals surface area contributed by atoms with E-state index in [2.05, 4.69) is 11.1 Å². The molecule has 1 aromatic rings. The Morgan fingerprint density at radius 2 is 2.50 bits per heavy atom. The molecule has 2 heteroatoms. The van der Waals surface area contributed by atoms with Crippen LogP contribution in [0.3, 0.4) is 0 Å². The first-order chi connectivity index (χ1) is 5.90. The van der Waals surface area contributed by atoms with Crippen LogP contribution in [0.25, 0.3) is 0 Å². The molecule has 0 amide bonds. The maximum atomic E-state index is 5.19. The van der Waals surface area contributed by atoms with E-state index in [0.717, 1.165) is 5.92 Å². The molecule has 0 saturated heterocycles. The molecule has 1 aliphatic rings. The van der Waals surface area contributed by atoms with Gasteiger partial charge in [-0.15, -0.1) is 0 Å². The Morgan fingerprint density at radius 3 is 3.00 bits per heavy atom. The van der Waals surface area contributed by atoms with Gasteiger partial charge in [0.15, 0.2) is 0 Å². The second kappa shape index (κ2) is 3.13. The molecule has 0 bridgehead atoms. The van der Waals surface area contributed by atoms with Crippen molar-refractivity contribution < 1.29 is 4.74 Å². The SMILES string of the molecule is CCOc1[c]cc(C2CC2)cn1. The summed E-state index contributed by atoms with van der Waals surface area (Å²) in [5.41, 5.74) is 1.30. The van der Waals surface area contributed by atoms with Gasteiger partial charge in [0.25, 0.3) is 0 Å². The van der Waals surface area contributed by atoms with E-state index in [9.17, 15) is 0 Å². The molecule has 0 spiro atoms. The first kappa shape index (κ1) is 7.59. The van der Waals surface area contributed by atoms with Crippen LogP contribution in [0.5, 0.6) is 5.88 Å². The average Bonchev–Trinajstić information content (AvgIpc) is 2.89. The minimum atomic E-state index is 0.613. The second-order valence-electron chi connectivity index (χ2n) is 3.06. The standard InChI is InChI=1S/C10H12NO/c1-2-12-10-6-5-9(7-11-10)8-3-4-8/h5,7-8H,2-4H2,1H3. The molecule has 1 aliphatic carbocycles. The number of aromatic nitrogens is 1. The minimum Gasteiger partial charge on any atom is -0.478 e. The van der Waals surface area contributed by atoms with Gasteiger partial charge in [-0.25, -0.2) is 4.98 Å². The van der Waals surface area contributed by atoms with E-state index in [1.807, 2.05) is 19.2 Å². The average molecular weight is 162 g/mol. The van der Waals surface area contributed by atoms with Crippen LogP contribution in [0.2, 0.25) is 0 Å². The van der Waals surface area contributed by atoms with E-state index < -0.39 is 0 Å². The molecular formula is C10H12NO. The zero-order valence-electron chi connectivity index (χ0n) is 7.21. The molecule has 0 N–H and O–H groups in total. The first-order valence-corrected chi connectivity index (χ1v) is 4.40. The highest BCUT2D eigenvalue weighted by molar-refractivity contribution is 5.23. The Balaban J connectivity index is 2.08. The fraction of sp³-hybridized carbons (Fsp3) is 0.500. The second-order valence-corrected chi connectivity index (χ2v) is 3.06. The summed E-state index contributed by atoms with van der Waals surface area (Å²) in [6.07, 6.45) is 4.52. The molecule has 1 radical (unpaired) electrons. The van der Waals surface area contributed by atoms with Gasteiger partial charge in [-0.3, -0.25) is 0 Å². The summed E-state index contributed by atoms with van der Waals surface area (Å²) in [6, 6.07) is 5.02. The Bertz CT molecular complexity index is 251. The topological polar surface area (TPSA) is 22.1 Å². The molecule has 1 aromatic heterocycles. The van der Waals surface area contributed by atoms with Crippen molar-refractivity contribution in [2.24, 2.45) is 0 Å². The molecule has 1 saturated carbocycles. The molecule has 2 nitrogen and oxygen atoms in total. The fourth-order valence-corrected chi connectivity index (χ4v) is 1.21. The smallest absolute Gasteiger partial charge is 0.221 e. The molecule has 12 heavy (non-hydrogen) atoms. The van der Waals surface area contributed by atoms with Crippen LogP contribution < -0.4 is 4.74 Å². The van der Waals surface area contributed by atoms with Crippen LogP contribution in [-0.2, 0) is 0 Å². The zero-order valence-corrected chi connectivity index (χ0v) is 7.21. The van der Waals surface area contributed by atoms with Crippen molar-refractivity contribution >= 4 is 0 Å². The lowest BCUT2D eigenvalue weighted by molar-refractivity contribution is 0.326. The summed E-state index contributed by atoms with van der Waals surface area (Å²) in [6.45, 7) is 2.61. The monoisotopic (exact) mass is 162 g/mol. The van der Waals surface area contributed by atoms with Crippen LogP contribution in [-0.4, -0.2) is 11.6 Å². The van der Waals surface area contributed by atoms with E-state index in [1.54, 1.807) is 0 Å². The lowest BCUT2D eigenvalue weighted by Gasteiger charge is -2.01. The molecule has 0 aromatic carbocycles. The predicted molar refractivity (Wildman–Crippen MR) is 46.2 cm³/mol. The third-order valence-electron chi connectivity index (χ3n) is 2.02. The van der Waals surface area contributed by atoms with E-state index >= 15 is 0 Å². The van der Waals surface area contributed by atoms with Gasteiger partial charge < -0.3 is 4.74 Å². The molecular weight excluding hydrogens is 150 g/mol. The molecule has 63 valence electrons. The molecule has 0 aliphatic heterocycles. The third kappa shape index (κ3) is 1.58. The zero-order chi connectivity index (χ0) is 8.39. The molecule has 2 rings (SSSR count). The molecule has 0 unspecified atom stereocenters. The highest BCUT2D eigenvalue weighted by atomic mass is 16.5. The highest BCUT2D eigenvalue weighted by Gasteiger charge is 2.23. The number of pyridine rings is 1. The van der Waals surface area contributed by atoms with Gasteiger partial charge in [0, 0.05) is 12.3 Å². The van der Waals surface area contributed by atoms with Crippen molar-refractivity contribution in [3.63, 3.8) is 0 Å². The van der Waals surface area contributed by atoms with Crippen molar-refractivity contribution in [3.8, 4) is 5.88 Å². The van der Waals surface area contributed by atoms with E-state index in [0.29, 0.717) is 12.5 Å². The van der Waals surface area contributed by atoms with Gasteiger partial charge in [0.2, 0.25) is 5.88 Å². The maximum Gasteiger partial charge on any atom is 0.221 e. The Kier molecular flexibility index (Phi) is 1.98. The Labute approximate surface area is 72.6 Å². The number of hydrogen-bond donors (Lipinski definition) is 0. The van der Waals surface area contributed by atoms with Crippen LogP contribution in [0, 0.1) is 6.07 Å². The third-order valence-corrected chi connectivity index (χ3v) is 2.02. The van der Waals surface area contributed by atoms with Crippen molar-refractivity contribution in [3.05, 3.63) is 23.9 Å². The lowest BCUT2D eigenvalue weighted by atomic mass is 10.2. The van der Waals surface area contributed by atoms with E-state index in [1.165, 1.54) is 18.4 Å². The molecule has 1 heterocycles. The van der Waals surface area contributed by atoms with Gasteiger partial charge in [-0.1, -0.05) is 0 Å². The largest absolute Gasteiger partial charge is 0.478 e. The van der Waals surface area contributed by atoms with Gasteiger partial charge in [-0.2, -0.15) is 0 Å². The summed E-state index contributed by atoms with van der Waals surface area (Å²) in [5, 5.41) is 0. The van der Waals surface area contributed by atoms with Gasteiger partial charge >= 0.3 is 0 Å². The van der Waals surface area contributed by atoms with Crippen LogP contribution in [0.1, 0.15) is 31.2 Å². The lowest BCUT2D eigenvalue weighted by Crippen LogP contribution is -1.94. The fourth-order valence-electron chi connectivity index (χ4n) is 1.21. The predicted octanol–water partition coefficient (Wildman–Crippen LogP) is 2.16. The quantitative estimate of drug-likeness (QED) is 0.679. The van der Waals surface area contributed by atoms with Crippen LogP contribution in [0.15, 0.2) is 12.3 Å². The van der Waals surface area contributed by atoms with Crippen LogP contribution >= 0.6 is 0 Å². The molecule has 0 atom stereocenters. The van der Waals surface area contributed by atoms with Crippen LogP contribution in [0.4, 0.5) is 0 Å². The van der Waals surface area contributed by atoms with Crippen molar-refractivity contribution in [1.82, 2.24) is 4.98 Å². The Morgan fingerprint density at radius 1 is 1.67 bits per heavy atom. The summed E-state index contributed by atoms with van der Waals surface area (Å²) < 4.78 is 5.19. The first-order valence-electron chi connectivity index (χ1n) is 4.40. The number of nitrogens with zero attached hydrogens (tertiary/aromatic N) is 1. The van der Waals surface area contributed by atoms with Gasteiger partial charge in [0.1, 0.15) is 0 Å². The Hall–Kier alpha value is -1.05. The van der Waals surface area contributed by atoms with E-state index in [4.69, 9.17) is 4.74 Å². The summed E-state index contributed by atoms with van der Waals surface area (Å²) in [5.74, 6) is 1.37. The minimum absolute atomic E-state index is 0.613. The number of rotatable bonds is 3. The highest BCUT2D eigenvalue weighted by Crippen LogP contribution is 2.39. The summed E-state index contributed by atoms with van der Waals surface area (Å²) in [4.78, 5) is 4.15. The normalized spacial score (nSPS) is 16.1.